The van der Waals surface area contributed by atoms with Crippen LogP contribution in [0.15, 0.2) is 44.9 Å². The Kier molecular flexibility index (Phi) is 4.96. The van der Waals surface area contributed by atoms with E-state index in [0.717, 1.165) is 37.8 Å². The minimum Gasteiger partial charge on any atom is -0.461 e. The zero-order valence-electron chi connectivity index (χ0n) is 16.3. The molecule has 29 heavy (non-hydrogen) atoms. The van der Waals surface area contributed by atoms with E-state index in [2.05, 4.69) is 9.98 Å². The topological polar surface area (TPSA) is 132 Å². The second kappa shape index (κ2) is 7.57. The van der Waals surface area contributed by atoms with Crippen molar-refractivity contribution in [2.24, 2.45) is 21.5 Å². The standard InChI is InChI=1S/C20H24N6O3/c1-2-28-17(27)14-12-29-16(23-14)13-8-4-5-9-15(13)26-19(22)24-18(21)25-20(26)10-6-3-7-11-20/h4-5,8-9,12H,2-3,6-7,10-11H2,1H3,(H4,21,22,24,25). The van der Waals surface area contributed by atoms with E-state index in [1.807, 2.05) is 29.2 Å². The van der Waals surface area contributed by atoms with Crippen LogP contribution in [0.1, 0.15) is 49.5 Å². The predicted octanol–water partition coefficient (Wildman–Crippen LogP) is 2.63. The predicted molar refractivity (Wildman–Crippen MR) is 109 cm³/mol. The number of hydrogen-bond donors (Lipinski definition) is 2. The minimum absolute atomic E-state index is 0.117. The molecule has 4 N–H and O–H groups in total. The van der Waals surface area contributed by atoms with Crippen molar-refractivity contribution in [3.05, 3.63) is 36.2 Å². The Morgan fingerprint density at radius 1 is 1.24 bits per heavy atom. The number of guanidine groups is 2. The lowest BCUT2D eigenvalue weighted by molar-refractivity contribution is 0.0519. The van der Waals surface area contributed by atoms with Gasteiger partial charge in [0.15, 0.2) is 5.69 Å². The highest BCUT2D eigenvalue weighted by Gasteiger charge is 2.43. The largest absolute Gasteiger partial charge is 0.461 e. The molecule has 1 aliphatic heterocycles. The Hall–Kier alpha value is -3.36. The molecule has 0 radical (unpaired) electrons. The molecule has 2 heterocycles. The van der Waals surface area contributed by atoms with Crippen LogP contribution in [-0.4, -0.2) is 35.1 Å². The van der Waals surface area contributed by atoms with E-state index in [0.29, 0.717) is 11.5 Å². The number of esters is 1. The maximum absolute atomic E-state index is 12.0. The molecule has 0 amide bonds. The molecule has 0 bridgehead atoms. The molecule has 0 unspecified atom stereocenters. The molecule has 1 spiro atoms. The Morgan fingerprint density at radius 2 is 2.00 bits per heavy atom. The van der Waals surface area contributed by atoms with Gasteiger partial charge in [-0.2, -0.15) is 4.99 Å². The first-order valence-electron chi connectivity index (χ1n) is 9.76. The van der Waals surface area contributed by atoms with Crippen LogP contribution < -0.4 is 16.4 Å². The molecule has 2 aliphatic rings. The number of oxazole rings is 1. The molecule has 0 saturated heterocycles. The molecule has 1 aliphatic carbocycles. The fourth-order valence-corrected chi connectivity index (χ4v) is 4.02. The van der Waals surface area contributed by atoms with Crippen LogP contribution >= 0.6 is 0 Å². The monoisotopic (exact) mass is 396 g/mol. The van der Waals surface area contributed by atoms with Crippen LogP contribution in [0.25, 0.3) is 11.5 Å². The van der Waals surface area contributed by atoms with Crippen molar-refractivity contribution in [1.29, 1.82) is 0 Å². The van der Waals surface area contributed by atoms with Crippen LogP contribution in [0, 0.1) is 0 Å². The van der Waals surface area contributed by atoms with Gasteiger partial charge in [0.1, 0.15) is 11.9 Å². The van der Waals surface area contributed by atoms with Crippen molar-refractivity contribution >= 4 is 23.6 Å². The minimum atomic E-state index is -0.583. The molecule has 4 rings (SSSR count). The summed E-state index contributed by atoms with van der Waals surface area (Å²) < 4.78 is 10.6. The second-order valence-electron chi connectivity index (χ2n) is 7.09. The fourth-order valence-electron chi connectivity index (χ4n) is 4.02. The highest BCUT2D eigenvalue weighted by Crippen LogP contribution is 2.42. The Balaban J connectivity index is 1.78. The Bertz CT molecular complexity index is 974. The van der Waals surface area contributed by atoms with Crippen LogP contribution in [-0.2, 0) is 4.74 Å². The number of carbonyl (C=O) groups excluding carboxylic acids is 1. The summed E-state index contributed by atoms with van der Waals surface area (Å²) in [7, 11) is 0. The van der Waals surface area contributed by atoms with E-state index in [-0.39, 0.29) is 24.2 Å². The number of nitrogens with two attached hydrogens (primary N) is 2. The third-order valence-electron chi connectivity index (χ3n) is 5.22. The van der Waals surface area contributed by atoms with Crippen molar-refractivity contribution in [2.75, 3.05) is 11.5 Å². The van der Waals surface area contributed by atoms with Crippen LogP contribution in [0.5, 0.6) is 0 Å². The zero-order valence-corrected chi connectivity index (χ0v) is 16.3. The van der Waals surface area contributed by atoms with Crippen LogP contribution in [0.2, 0.25) is 0 Å². The van der Waals surface area contributed by atoms with Crippen molar-refractivity contribution in [3.63, 3.8) is 0 Å². The zero-order chi connectivity index (χ0) is 20.4. The average molecular weight is 396 g/mol. The Labute approximate surface area is 168 Å². The molecule has 1 aromatic heterocycles. The number of hydrogen-bond acceptors (Lipinski definition) is 9. The van der Waals surface area contributed by atoms with Crippen LogP contribution in [0.3, 0.4) is 0 Å². The molecule has 152 valence electrons. The van der Waals surface area contributed by atoms with Gasteiger partial charge in [0, 0.05) is 0 Å². The van der Waals surface area contributed by atoms with Gasteiger partial charge in [0.05, 0.1) is 17.9 Å². The van der Waals surface area contributed by atoms with E-state index in [9.17, 15) is 4.79 Å². The number of nitrogens with zero attached hydrogens (tertiary/aromatic N) is 4. The molecule has 9 heteroatoms. The smallest absolute Gasteiger partial charge is 0.360 e. The summed E-state index contributed by atoms with van der Waals surface area (Å²) in [5, 5.41) is 0. The number of benzene rings is 1. The molecule has 0 atom stereocenters. The van der Waals surface area contributed by atoms with Gasteiger partial charge >= 0.3 is 5.97 Å². The fraction of sp³-hybridized carbons (Fsp3) is 0.400. The van der Waals surface area contributed by atoms with Crippen molar-refractivity contribution in [3.8, 4) is 11.5 Å². The van der Waals surface area contributed by atoms with E-state index in [1.54, 1.807) is 6.92 Å². The summed E-state index contributed by atoms with van der Waals surface area (Å²) in [4.78, 5) is 27.1. The molecule has 1 fully saturated rings. The van der Waals surface area contributed by atoms with E-state index < -0.39 is 11.6 Å². The van der Waals surface area contributed by atoms with Crippen molar-refractivity contribution < 1.29 is 13.9 Å². The lowest BCUT2D eigenvalue weighted by Gasteiger charge is -2.46. The van der Waals surface area contributed by atoms with Gasteiger partial charge in [-0.3, -0.25) is 4.90 Å². The van der Waals surface area contributed by atoms with Crippen molar-refractivity contribution in [2.45, 2.75) is 44.7 Å². The molecule has 1 aromatic carbocycles. The normalized spacial score (nSPS) is 18.3. The van der Waals surface area contributed by atoms with Gasteiger partial charge in [0.25, 0.3) is 0 Å². The molecule has 2 aromatic rings. The summed E-state index contributed by atoms with van der Waals surface area (Å²) in [6.07, 6.45) is 6.12. The highest BCUT2D eigenvalue weighted by molar-refractivity contribution is 6.07. The van der Waals surface area contributed by atoms with E-state index in [1.165, 1.54) is 6.26 Å². The summed E-state index contributed by atoms with van der Waals surface area (Å²) in [6.45, 7) is 2.00. The first kappa shape index (κ1) is 19.0. The number of aliphatic imine (C=N–C) groups is 2. The quantitative estimate of drug-likeness (QED) is 0.759. The number of rotatable bonds is 4. The lowest BCUT2D eigenvalue weighted by atomic mass is 9.87. The Morgan fingerprint density at radius 3 is 2.76 bits per heavy atom. The SMILES string of the molecule is CCOC(=O)c1coc(-c2ccccc2N2C(N)=NC(N)=NC23CCCCC3)n1. The number of aromatic nitrogens is 1. The summed E-state index contributed by atoms with van der Waals surface area (Å²) >= 11 is 0. The number of ether oxygens (including phenoxy) is 1. The number of carbonyl (C=O) groups is 1. The van der Waals surface area contributed by atoms with Gasteiger partial charge in [-0.05, 0) is 44.7 Å². The van der Waals surface area contributed by atoms with E-state index >= 15 is 0 Å². The summed E-state index contributed by atoms with van der Waals surface area (Å²) in [5.41, 5.74) is 13.3. The summed E-state index contributed by atoms with van der Waals surface area (Å²) in [6, 6.07) is 7.55. The molecular formula is C20H24N6O3. The first-order valence-corrected chi connectivity index (χ1v) is 9.76. The van der Waals surface area contributed by atoms with Gasteiger partial charge < -0.3 is 20.6 Å². The summed E-state index contributed by atoms with van der Waals surface area (Å²) in [5.74, 6) is 0.243. The van der Waals surface area contributed by atoms with Gasteiger partial charge in [-0.25, -0.2) is 14.8 Å². The van der Waals surface area contributed by atoms with Gasteiger partial charge in [-0.15, -0.1) is 0 Å². The van der Waals surface area contributed by atoms with Crippen LogP contribution in [0.4, 0.5) is 5.69 Å². The third-order valence-corrected chi connectivity index (χ3v) is 5.22. The van der Waals surface area contributed by atoms with Gasteiger partial charge in [-0.1, -0.05) is 18.6 Å². The maximum Gasteiger partial charge on any atom is 0.360 e. The molecule has 9 nitrogen and oxygen atoms in total. The van der Waals surface area contributed by atoms with E-state index in [4.69, 9.17) is 25.6 Å². The second-order valence-corrected chi connectivity index (χ2v) is 7.09. The molecule has 1 saturated carbocycles. The first-order chi connectivity index (χ1) is 14.0. The molecular weight excluding hydrogens is 372 g/mol. The van der Waals surface area contributed by atoms with Crippen molar-refractivity contribution in [1.82, 2.24) is 4.98 Å². The highest BCUT2D eigenvalue weighted by atomic mass is 16.5. The van der Waals surface area contributed by atoms with Gasteiger partial charge in [0.2, 0.25) is 17.8 Å². The lowest BCUT2D eigenvalue weighted by Crippen LogP contribution is -2.58. The maximum atomic E-state index is 12.0. The number of anilines is 1. The number of para-hydroxylation sites is 1. The average Bonchev–Trinajstić information content (AvgIpc) is 3.19. The third kappa shape index (κ3) is 3.43.